The van der Waals surface area contributed by atoms with Crippen LogP contribution in [0.1, 0.15) is 19.8 Å². The summed E-state index contributed by atoms with van der Waals surface area (Å²) in [6, 6.07) is 7.32. The van der Waals surface area contributed by atoms with Gasteiger partial charge in [0.1, 0.15) is 5.75 Å². The smallest absolute Gasteiger partial charge is 0.263 e. The molecule has 1 aliphatic heterocycles. The Morgan fingerprint density at radius 1 is 1.26 bits per heavy atom. The molecular weight excluding hydrogens is 298 g/mol. The van der Waals surface area contributed by atoms with Gasteiger partial charge in [-0.05, 0) is 25.0 Å². The number of nitrogens with one attached hydrogen (secondary N) is 2. The van der Waals surface area contributed by atoms with Crippen molar-refractivity contribution in [1.29, 1.82) is 0 Å². The summed E-state index contributed by atoms with van der Waals surface area (Å²) < 4.78 is 5.66. The molecule has 3 amide bonds. The second-order valence-electron chi connectivity index (χ2n) is 5.76. The number of rotatable bonds is 4. The molecule has 7 nitrogen and oxygen atoms in total. The number of hydrogen-bond acceptors (Lipinski definition) is 4. The number of amides is 3. The van der Waals surface area contributed by atoms with E-state index in [2.05, 4.69) is 10.6 Å². The van der Waals surface area contributed by atoms with Gasteiger partial charge in [-0.1, -0.05) is 12.1 Å². The molecule has 2 N–H and O–H groups in total. The van der Waals surface area contributed by atoms with Gasteiger partial charge in [0.25, 0.3) is 5.91 Å². The van der Waals surface area contributed by atoms with Crippen LogP contribution < -0.4 is 20.3 Å². The van der Waals surface area contributed by atoms with Crippen molar-refractivity contribution in [2.75, 3.05) is 18.0 Å². The van der Waals surface area contributed by atoms with E-state index in [9.17, 15) is 14.4 Å². The Labute approximate surface area is 134 Å². The van der Waals surface area contributed by atoms with E-state index >= 15 is 0 Å². The highest BCUT2D eigenvalue weighted by Gasteiger charge is 2.32. The van der Waals surface area contributed by atoms with Gasteiger partial charge in [0.2, 0.25) is 11.8 Å². The number of benzene rings is 1. The van der Waals surface area contributed by atoms with Crippen LogP contribution in [0, 0.1) is 0 Å². The minimum atomic E-state index is -0.831. The van der Waals surface area contributed by atoms with E-state index in [0.717, 1.165) is 12.8 Å². The highest BCUT2D eigenvalue weighted by atomic mass is 16.5. The highest BCUT2D eigenvalue weighted by molar-refractivity contribution is 5.96. The summed E-state index contributed by atoms with van der Waals surface area (Å²) in [5.41, 5.74) is 0.649. The van der Waals surface area contributed by atoms with Crippen LogP contribution in [0.2, 0.25) is 0 Å². The van der Waals surface area contributed by atoms with Gasteiger partial charge in [-0.15, -0.1) is 0 Å². The molecule has 0 radical (unpaired) electrons. The molecule has 2 aliphatic rings. The van der Waals surface area contributed by atoms with Crippen molar-refractivity contribution in [3.63, 3.8) is 0 Å². The molecule has 1 heterocycles. The lowest BCUT2D eigenvalue weighted by atomic mass is 10.1. The van der Waals surface area contributed by atoms with E-state index in [4.69, 9.17) is 4.74 Å². The lowest BCUT2D eigenvalue weighted by molar-refractivity contribution is -0.131. The van der Waals surface area contributed by atoms with E-state index in [1.807, 2.05) is 0 Å². The van der Waals surface area contributed by atoms with Gasteiger partial charge in [-0.25, -0.2) is 0 Å². The number of fused-ring (bicyclic) bond motifs is 1. The fourth-order valence-electron chi connectivity index (χ4n) is 2.46. The van der Waals surface area contributed by atoms with Crippen molar-refractivity contribution >= 4 is 23.4 Å². The zero-order valence-corrected chi connectivity index (χ0v) is 12.9. The van der Waals surface area contributed by atoms with E-state index in [0.29, 0.717) is 11.4 Å². The second kappa shape index (κ2) is 6.28. The van der Waals surface area contributed by atoms with E-state index in [1.165, 1.54) is 11.8 Å². The Hall–Kier alpha value is -2.57. The van der Waals surface area contributed by atoms with Crippen molar-refractivity contribution < 1.29 is 19.1 Å². The Morgan fingerprint density at radius 3 is 2.70 bits per heavy atom. The van der Waals surface area contributed by atoms with Crippen LogP contribution in [0.5, 0.6) is 5.75 Å². The summed E-state index contributed by atoms with van der Waals surface area (Å²) in [6.45, 7) is 1.49. The van der Waals surface area contributed by atoms with Crippen molar-refractivity contribution in [3.8, 4) is 5.75 Å². The summed E-state index contributed by atoms with van der Waals surface area (Å²) in [5, 5.41) is 5.36. The molecule has 7 heteroatoms. The maximum absolute atomic E-state index is 12.2. The number of para-hydroxylation sites is 2. The van der Waals surface area contributed by atoms with Crippen LogP contribution in [-0.2, 0) is 14.4 Å². The first-order chi connectivity index (χ1) is 11.0. The molecular formula is C16H19N3O4. The molecule has 1 fully saturated rings. The minimum absolute atomic E-state index is 0.0864. The second-order valence-corrected chi connectivity index (χ2v) is 5.76. The van der Waals surface area contributed by atoms with Gasteiger partial charge in [0.05, 0.1) is 18.8 Å². The average Bonchev–Trinajstić information content (AvgIpc) is 3.35. The SMILES string of the molecule is CC(=O)N1CC(C(=O)NCC(=O)NC2CC2)Oc2ccccc21. The van der Waals surface area contributed by atoms with Crippen molar-refractivity contribution in [2.24, 2.45) is 0 Å². The summed E-state index contributed by atoms with van der Waals surface area (Å²) >= 11 is 0. The molecule has 1 atom stereocenters. The van der Waals surface area contributed by atoms with Gasteiger partial charge in [-0.2, -0.15) is 0 Å². The topological polar surface area (TPSA) is 87.7 Å². The minimum Gasteiger partial charge on any atom is -0.477 e. The largest absolute Gasteiger partial charge is 0.477 e. The van der Waals surface area contributed by atoms with Crippen molar-refractivity contribution in [2.45, 2.75) is 31.9 Å². The molecule has 0 aromatic heterocycles. The molecule has 0 spiro atoms. The van der Waals surface area contributed by atoms with E-state index < -0.39 is 12.0 Å². The lowest BCUT2D eigenvalue weighted by Crippen LogP contribution is -2.51. The third kappa shape index (κ3) is 3.61. The van der Waals surface area contributed by atoms with Gasteiger partial charge < -0.3 is 20.3 Å². The van der Waals surface area contributed by atoms with E-state index in [1.54, 1.807) is 24.3 Å². The standard InChI is InChI=1S/C16H19N3O4/c1-10(20)19-9-14(23-13-5-3-2-4-12(13)19)16(22)17-8-15(21)18-11-6-7-11/h2-5,11,14H,6-9H2,1H3,(H,17,22)(H,18,21). The van der Waals surface area contributed by atoms with Crippen LogP contribution in [0.4, 0.5) is 5.69 Å². The van der Waals surface area contributed by atoms with Gasteiger partial charge in [-0.3, -0.25) is 14.4 Å². The summed E-state index contributed by atoms with van der Waals surface area (Å²) in [7, 11) is 0. The van der Waals surface area contributed by atoms with Crippen LogP contribution in [-0.4, -0.2) is 43.0 Å². The van der Waals surface area contributed by atoms with E-state index in [-0.39, 0.29) is 30.9 Å². The summed E-state index contributed by atoms with van der Waals surface area (Å²) in [6.07, 6.45) is 1.16. The molecule has 23 heavy (non-hydrogen) atoms. The van der Waals surface area contributed by atoms with Crippen LogP contribution in [0.25, 0.3) is 0 Å². The number of ether oxygens (including phenoxy) is 1. The van der Waals surface area contributed by atoms with Crippen LogP contribution in [0.3, 0.4) is 0 Å². The Kier molecular flexibility index (Phi) is 4.18. The van der Waals surface area contributed by atoms with Crippen LogP contribution >= 0.6 is 0 Å². The first-order valence-electron chi connectivity index (χ1n) is 7.65. The molecule has 1 aromatic carbocycles. The monoisotopic (exact) mass is 317 g/mol. The fourth-order valence-corrected chi connectivity index (χ4v) is 2.46. The fraction of sp³-hybridized carbons (Fsp3) is 0.438. The maximum atomic E-state index is 12.2. The zero-order valence-electron chi connectivity index (χ0n) is 12.9. The Balaban J connectivity index is 1.62. The number of carbonyl (C=O) groups is 3. The summed E-state index contributed by atoms with van der Waals surface area (Å²) in [5.74, 6) is -0.293. The first kappa shape index (κ1) is 15.3. The van der Waals surface area contributed by atoms with Crippen molar-refractivity contribution in [1.82, 2.24) is 10.6 Å². The molecule has 1 saturated carbocycles. The lowest BCUT2D eigenvalue weighted by Gasteiger charge is -2.33. The predicted molar refractivity (Wildman–Crippen MR) is 83.1 cm³/mol. The quantitative estimate of drug-likeness (QED) is 0.830. The van der Waals surface area contributed by atoms with Gasteiger partial charge >= 0.3 is 0 Å². The number of anilines is 1. The highest BCUT2D eigenvalue weighted by Crippen LogP contribution is 2.33. The van der Waals surface area contributed by atoms with Crippen molar-refractivity contribution in [3.05, 3.63) is 24.3 Å². The van der Waals surface area contributed by atoms with Gasteiger partial charge in [0.15, 0.2) is 6.10 Å². The molecule has 0 saturated heterocycles. The van der Waals surface area contributed by atoms with Crippen LogP contribution in [0.15, 0.2) is 24.3 Å². The molecule has 0 bridgehead atoms. The average molecular weight is 317 g/mol. The number of carbonyl (C=O) groups excluding carboxylic acids is 3. The first-order valence-corrected chi connectivity index (χ1v) is 7.65. The summed E-state index contributed by atoms with van der Waals surface area (Å²) in [4.78, 5) is 37.2. The normalized spacial score (nSPS) is 19.3. The molecule has 3 rings (SSSR count). The molecule has 1 aromatic rings. The molecule has 1 aliphatic carbocycles. The number of nitrogens with zero attached hydrogens (tertiary/aromatic N) is 1. The third-order valence-corrected chi connectivity index (χ3v) is 3.81. The molecule has 1 unspecified atom stereocenters. The van der Waals surface area contributed by atoms with Gasteiger partial charge in [0, 0.05) is 13.0 Å². The zero-order chi connectivity index (χ0) is 16.4. The third-order valence-electron chi connectivity index (χ3n) is 3.81. The predicted octanol–water partition coefficient (Wildman–Crippen LogP) is 0.195. The number of hydrogen-bond donors (Lipinski definition) is 2. The Bertz CT molecular complexity index is 642. The maximum Gasteiger partial charge on any atom is 0.263 e. The Morgan fingerprint density at radius 2 is 2.00 bits per heavy atom. The molecule has 122 valence electrons.